The van der Waals surface area contributed by atoms with Crippen LogP contribution in [0.4, 0.5) is 0 Å². The maximum atomic E-state index is 5.66. The van der Waals surface area contributed by atoms with Crippen LogP contribution in [0.2, 0.25) is 0 Å². The Morgan fingerprint density at radius 3 is 2.43 bits per heavy atom. The van der Waals surface area contributed by atoms with E-state index >= 15 is 0 Å². The molecule has 0 aromatic carbocycles. The maximum absolute atomic E-state index is 5.66. The van der Waals surface area contributed by atoms with Crippen molar-refractivity contribution in [1.82, 2.24) is 5.32 Å². The van der Waals surface area contributed by atoms with Crippen molar-refractivity contribution in [3.8, 4) is 0 Å². The second-order valence-electron chi connectivity index (χ2n) is 5.28. The van der Waals surface area contributed by atoms with E-state index in [1.807, 2.05) is 7.05 Å². The lowest BCUT2D eigenvalue weighted by molar-refractivity contribution is 0.0596. The van der Waals surface area contributed by atoms with E-state index < -0.39 is 0 Å². The molecule has 0 spiro atoms. The summed E-state index contributed by atoms with van der Waals surface area (Å²) in [7, 11) is 1.99. The van der Waals surface area contributed by atoms with Gasteiger partial charge < -0.3 is 10.1 Å². The van der Waals surface area contributed by atoms with E-state index in [-0.39, 0.29) is 5.41 Å². The smallest absolute Gasteiger partial charge is 0.0529 e. The predicted molar refractivity (Wildman–Crippen MR) is 62.6 cm³/mol. The standard InChI is InChI=1S/C12H27NO/c1-11(2)7-6-8-14-10-12(3,4)9-13-5/h11,13H,6-10H2,1-5H3. The molecular formula is C12H27NO. The van der Waals surface area contributed by atoms with E-state index in [9.17, 15) is 0 Å². The Balaban J connectivity index is 3.34. The minimum Gasteiger partial charge on any atom is -0.381 e. The Kier molecular flexibility index (Phi) is 7.20. The van der Waals surface area contributed by atoms with Gasteiger partial charge >= 0.3 is 0 Å². The van der Waals surface area contributed by atoms with Crippen molar-refractivity contribution < 1.29 is 4.74 Å². The largest absolute Gasteiger partial charge is 0.381 e. The first-order valence-electron chi connectivity index (χ1n) is 5.70. The summed E-state index contributed by atoms with van der Waals surface area (Å²) < 4.78 is 5.66. The average molecular weight is 201 g/mol. The molecular weight excluding hydrogens is 174 g/mol. The highest BCUT2D eigenvalue weighted by atomic mass is 16.5. The number of ether oxygens (including phenoxy) is 1. The van der Waals surface area contributed by atoms with Crippen molar-refractivity contribution in [2.24, 2.45) is 11.3 Å². The van der Waals surface area contributed by atoms with Gasteiger partial charge in [-0.1, -0.05) is 27.7 Å². The SMILES string of the molecule is CNCC(C)(C)COCCCC(C)C. The van der Waals surface area contributed by atoms with Crippen molar-refractivity contribution in [2.75, 3.05) is 26.8 Å². The van der Waals surface area contributed by atoms with Crippen LogP contribution in [0.25, 0.3) is 0 Å². The Bertz CT molecular complexity index is 132. The highest BCUT2D eigenvalue weighted by molar-refractivity contribution is 4.69. The third-order valence-corrected chi connectivity index (χ3v) is 2.22. The average Bonchev–Trinajstić information content (AvgIpc) is 2.02. The third kappa shape index (κ3) is 8.52. The fraction of sp³-hybridized carbons (Fsp3) is 1.00. The normalized spacial score (nSPS) is 12.4. The molecule has 86 valence electrons. The topological polar surface area (TPSA) is 21.3 Å². The van der Waals surface area contributed by atoms with Gasteiger partial charge in [0.2, 0.25) is 0 Å². The first-order valence-corrected chi connectivity index (χ1v) is 5.70. The van der Waals surface area contributed by atoms with Gasteiger partial charge in [0.1, 0.15) is 0 Å². The molecule has 0 atom stereocenters. The number of nitrogens with one attached hydrogen (secondary N) is 1. The first kappa shape index (κ1) is 13.9. The minimum absolute atomic E-state index is 0.257. The summed E-state index contributed by atoms with van der Waals surface area (Å²) in [6, 6.07) is 0. The highest BCUT2D eigenvalue weighted by Crippen LogP contribution is 2.14. The van der Waals surface area contributed by atoms with Crippen LogP contribution in [0.15, 0.2) is 0 Å². The lowest BCUT2D eigenvalue weighted by atomic mass is 9.95. The molecule has 0 bridgehead atoms. The first-order chi connectivity index (χ1) is 6.48. The van der Waals surface area contributed by atoms with Gasteiger partial charge in [0.05, 0.1) is 6.61 Å². The van der Waals surface area contributed by atoms with E-state index in [0.29, 0.717) is 0 Å². The zero-order valence-corrected chi connectivity index (χ0v) is 10.5. The summed E-state index contributed by atoms with van der Waals surface area (Å²) in [4.78, 5) is 0. The van der Waals surface area contributed by atoms with Crippen molar-refractivity contribution >= 4 is 0 Å². The van der Waals surface area contributed by atoms with Crippen LogP contribution in [0.3, 0.4) is 0 Å². The van der Waals surface area contributed by atoms with Crippen molar-refractivity contribution in [3.63, 3.8) is 0 Å². The Labute approximate surface area is 89.4 Å². The summed E-state index contributed by atoms with van der Waals surface area (Å²) in [6.45, 7) is 11.7. The van der Waals surface area contributed by atoms with Crippen LogP contribution in [-0.2, 0) is 4.74 Å². The molecule has 2 nitrogen and oxygen atoms in total. The second kappa shape index (κ2) is 7.24. The van der Waals surface area contributed by atoms with E-state index in [1.54, 1.807) is 0 Å². The summed E-state index contributed by atoms with van der Waals surface area (Å²) in [5, 5.41) is 3.19. The minimum atomic E-state index is 0.257. The summed E-state index contributed by atoms with van der Waals surface area (Å²) in [5.74, 6) is 0.795. The molecule has 0 aromatic rings. The lowest BCUT2D eigenvalue weighted by Crippen LogP contribution is -2.31. The molecule has 0 heterocycles. The van der Waals surface area contributed by atoms with E-state index in [1.165, 1.54) is 12.8 Å². The monoisotopic (exact) mass is 201 g/mol. The molecule has 0 aliphatic rings. The molecule has 0 amide bonds. The Morgan fingerprint density at radius 2 is 1.93 bits per heavy atom. The molecule has 0 rings (SSSR count). The number of rotatable bonds is 8. The Hall–Kier alpha value is -0.0800. The predicted octanol–water partition coefficient (Wildman–Crippen LogP) is 2.68. The third-order valence-electron chi connectivity index (χ3n) is 2.22. The molecule has 0 aromatic heterocycles. The van der Waals surface area contributed by atoms with Crippen LogP contribution in [0, 0.1) is 11.3 Å². The van der Waals surface area contributed by atoms with E-state index in [0.717, 1.165) is 25.7 Å². The molecule has 0 radical (unpaired) electrons. The van der Waals surface area contributed by atoms with Gasteiger partial charge in [-0.05, 0) is 25.8 Å². The molecule has 1 N–H and O–H groups in total. The maximum Gasteiger partial charge on any atom is 0.0529 e. The Morgan fingerprint density at radius 1 is 1.29 bits per heavy atom. The molecule has 0 saturated heterocycles. The van der Waals surface area contributed by atoms with E-state index in [2.05, 4.69) is 33.0 Å². The van der Waals surface area contributed by atoms with Gasteiger partial charge in [-0.2, -0.15) is 0 Å². The summed E-state index contributed by atoms with van der Waals surface area (Å²) in [6.07, 6.45) is 2.46. The van der Waals surface area contributed by atoms with Crippen LogP contribution in [-0.4, -0.2) is 26.8 Å². The second-order valence-corrected chi connectivity index (χ2v) is 5.28. The fourth-order valence-corrected chi connectivity index (χ4v) is 1.47. The highest BCUT2D eigenvalue weighted by Gasteiger charge is 2.16. The molecule has 0 aliphatic heterocycles. The van der Waals surface area contributed by atoms with Gasteiger partial charge in [-0.15, -0.1) is 0 Å². The van der Waals surface area contributed by atoms with Gasteiger partial charge in [0, 0.05) is 18.6 Å². The lowest BCUT2D eigenvalue weighted by Gasteiger charge is -2.23. The molecule has 2 heteroatoms. The zero-order chi connectivity index (χ0) is 11.0. The summed E-state index contributed by atoms with van der Waals surface area (Å²) >= 11 is 0. The van der Waals surface area contributed by atoms with Crippen molar-refractivity contribution in [3.05, 3.63) is 0 Å². The van der Waals surface area contributed by atoms with Gasteiger partial charge in [0.15, 0.2) is 0 Å². The van der Waals surface area contributed by atoms with Crippen LogP contribution in [0.5, 0.6) is 0 Å². The van der Waals surface area contributed by atoms with Gasteiger partial charge in [-0.25, -0.2) is 0 Å². The number of hydrogen-bond acceptors (Lipinski definition) is 2. The van der Waals surface area contributed by atoms with Crippen molar-refractivity contribution in [1.29, 1.82) is 0 Å². The molecule has 0 saturated carbocycles. The summed E-state index contributed by atoms with van der Waals surface area (Å²) in [5.41, 5.74) is 0.257. The van der Waals surface area contributed by atoms with Crippen LogP contribution < -0.4 is 5.32 Å². The van der Waals surface area contributed by atoms with Crippen LogP contribution >= 0.6 is 0 Å². The zero-order valence-electron chi connectivity index (χ0n) is 10.5. The quantitative estimate of drug-likeness (QED) is 0.610. The van der Waals surface area contributed by atoms with Crippen LogP contribution in [0.1, 0.15) is 40.5 Å². The van der Waals surface area contributed by atoms with Gasteiger partial charge in [0.25, 0.3) is 0 Å². The molecule has 0 aliphatic carbocycles. The number of hydrogen-bond donors (Lipinski definition) is 1. The van der Waals surface area contributed by atoms with Gasteiger partial charge in [-0.3, -0.25) is 0 Å². The van der Waals surface area contributed by atoms with Crippen molar-refractivity contribution in [2.45, 2.75) is 40.5 Å². The molecule has 0 fully saturated rings. The molecule has 14 heavy (non-hydrogen) atoms. The molecule has 0 unspecified atom stereocenters. The van der Waals surface area contributed by atoms with E-state index in [4.69, 9.17) is 4.74 Å². The fourth-order valence-electron chi connectivity index (χ4n) is 1.47.